The fourth-order valence-corrected chi connectivity index (χ4v) is 1.61. The summed E-state index contributed by atoms with van der Waals surface area (Å²) < 4.78 is 18.3. The molecule has 7 nitrogen and oxygen atoms in total. The van der Waals surface area contributed by atoms with E-state index < -0.39 is 10.7 Å². The monoisotopic (exact) mass is 298 g/mol. The number of methoxy groups -OCH3 is 1. The average molecular weight is 299 g/mol. The summed E-state index contributed by atoms with van der Waals surface area (Å²) in [6, 6.07) is 4.08. The van der Waals surface area contributed by atoms with Gasteiger partial charge in [0, 0.05) is 11.8 Å². The lowest BCUT2D eigenvalue weighted by atomic mass is 10.2. The van der Waals surface area contributed by atoms with Crippen molar-refractivity contribution in [2.75, 3.05) is 12.4 Å². The van der Waals surface area contributed by atoms with Gasteiger partial charge in [-0.25, -0.2) is 9.37 Å². The van der Waals surface area contributed by atoms with Crippen molar-refractivity contribution >= 4 is 28.8 Å². The predicted molar refractivity (Wildman–Crippen MR) is 69.9 cm³/mol. The molecular formula is C11H8ClFN4O3. The third-order valence-electron chi connectivity index (χ3n) is 2.35. The highest BCUT2D eigenvalue weighted by Gasteiger charge is 2.16. The number of hydrogen-bond donors (Lipinski definition) is 1. The second-order valence-corrected chi connectivity index (χ2v) is 3.94. The maximum absolute atomic E-state index is 13.5. The van der Waals surface area contributed by atoms with Crippen LogP contribution in [0.25, 0.3) is 0 Å². The van der Waals surface area contributed by atoms with Crippen molar-refractivity contribution in [1.29, 1.82) is 0 Å². The summed E-state index contributed by atoms with van der Waals surface area (Å²) in [5.74, 6) is -0.806. The highest BCUT2D eigenvalue weighted by atomic mass is 35.5. The van der Waals surface area contributed by atoms with Crippen molar-refractivity contribution in [3.63, 3.8) is 0 Å². The van der Waals surface area contributed by atoms with Gasteiger partial charge in [0.05, 0.1) is 18.2 Å². The minimum Gasteiger partial charge on any atom is -0.490 e. The van der Waals surface area contributed by atoms with Crippen LogP contribution in [0.5, 0.6) is 5.75 Å². The second kappa shape index (κ2) is 5.66. The summed E-state index contributed by atoms with van der Waals surface area (Å²) >= 11 is 5.56. The van der Waals surface area contributed by atoms with Crippen LogP contribution in [0.4, 0.5) is 21.6 Å². The van der Waals surface area contributed by atoms with E-state index >= 15 is 0 Å². The zero-order valence-electron chi connectivity index (χ0n) is 10.1. The molecule has 0 saturated heterocycles. The number of rotatable bonds is 4. The lowest BCUT2D eigenvalue weighted by Crippen LogP contribution is -2.00. The molecule has 0 amide bonds. The molecule has 104 valence electrons. The topological polar surface area (TPSA) is 90.2 Å². The first kappa shape index (κ1) is 13.9. The maximum Gasteiger partial charge on any atom is 0.312 e. The van der Waals surface area contributed by atoms with Gasteiger partial charge in [0.1, 0.15) is 0 Å². The van der Waals surface area contributed by atoms with E-state index in [1.807, 2.05) is 0 Å². The number of nitrogens with one attached hydrogen (secondary N) is 1. The third-order valence-corrected chi connectivity index (χ3v) is 2.54. The number of halogens is 2. The van der Waals surface area contributed by atoms with Crippen molar-refractivity contribution < 1.29 is 14.1 Å². The van der Waals surface area contributed by atoms with Gasteiger partial charge in [-0.1, -0.05) is 0 Å². The van der Waals surface area contributed by atoms with E-state index in [4.69, 9.17) is 16.3 Å². The molecule has 0 unspecified atom stereocenters. The molecule has 1 aromatic carbocycles. The van der Waals surface area contributed by atoms with Gasteiger partial charge in [0.25, 0.3) is 0 Å². The SMILES string of the molecule is COc1ccc(Nc2nc(Cl)ncc2F)cc1[N+](=O)[O-]. The fraction of sp³-hybridized carbons (Fsp3) is 0.0909. The van der Waals surface area contributed by atoms with Crippen LogP contribution in [0.2, 0.25) is 5.28 Å². The van der Waals surface area contributed by atoms with E-state index in [-0.39, 0.29) is 28.2 Å². The first-order valence-corrected chi connectivity index (χ1v) is 5.66. The number of nitro groups is 1. The number of nitro benzene ring substituents is 1. The molecule has 1 N–H and O–H groups in total. The Morgan fingerprint density at radius 1 is 1.50 bits per heavy atom. The van der Waals surface area contributed by atoms with Crippen molar-refractivity contribution in [3.8, 4) is 5.75 Å². The minimum absolute atomic E-state index is 0.0988. The van der Waals surface area contributed by atoms with E-state index in [9.17, 15) is 14.5 Å². The lowest BCUT2D eigenvalue weighted by molar-refractivity contribution is -0.385. The Hall–Kier alpha value is -2.48. The molecular weight excluding hydrogens is 291 g/mol. The van der Waals surface area contributed by atoms with E-state index in [0.29, 0.717) is 0 Å². The molecule has 0 bridgehead atoms. The molecule has 0 radical (unpaired) electrons. The van der Waals surface area contributed by atoms with E-state index in [2.05, 4.69) is 15.3 Å². The van der Waals surface area contributed by atoms with Crippen molar-refractivity contribution in [1.82, 2.24) is 9.97 Å². The molecule has 0 fully saturated rings. The van der Waals surface area contributed by atoms with Crippen LogP contribution in [0, 0.1) is 15.9 Å². The molecule has 0 aliphatic rings. The van der Waals surface area contributed by atoms with Gasteiger partial charge in [-0.2, -0.15) is 4.98 Å². The molecule has 2 aromatic rings. The van der Waals surface area contributed by atoms with Gasteiger partial charge in [-0.05, 0) is 23.7 Å². The molecule has 0 saturated carbocycles. The normalized spacial score (nSPS) is 10.2. The molecule has 20 heavy (non-hydrogen) atoms. The van der Waals surface area contributed by atoms with Gasteiger partial charge in [0.15, 0.2) is 17.4 Å². The number of anilines is 2. The van der Waals surface area contributed by atoms with E-state index in [1.165, 1.54) is 25.3 Å². The summed E-state index contributed by atoms with van der Waals surface area (Å²) in [4.78, 5) is 17.4. The fourth-order valence-electron chi connectivity index (χ4n) is 1.48. The van der Waals surface area contributed by atoms with Gasteiger partial charge in [-0.3, -0.25) is 10.1 Å². The van der Waals surface area contributed by atoms with Crippen LogP contribution in [-0.2, 0) is 0 Å². The van der Waals surface area contributed by atoms with Gasteiger partial charge < -0.3 is 10.1 Å². The van der Waals surface area contributed by atoms with Crippen molar-refractivity contribution in [3.05, 3.63) is 45.6 Å². The third kappa shape index (κ3) is 2.91. The lowest BCUT2D eigenvalue weighted by Gasteiger charge is -2.08. The summed E-state index contributed by atoms with van der Waals surface area (Å²) in [7, 11) is 1.32. The number of benzene rings is 1. The van der Waals surface area contributed by atoms with Crippen molar-refractivity contribution in [2.24, 2.45) is 0 Å². The average Bonchev–Trinajstić information content (AvgIpc) is 2.42. The Morgan fingerprint density at radius 3 is 2.90 bits per heavy atom. The standard InChI is InChI=1S/C11H8ClFN4O3/c1-20-9-3-2-6(4-8(9)17(18)19)15-10-7(13)5-14-11(12)16-10/h2-5H,1H3,(H,14,15,16). The molecule has 0 spiro atoms. The minimum atomic E-state index is -0.729. The largest absolute Gasteiger partial charge is 0.490 e. The summed E-state index contributed by atoms with van der Waals surface area (Å²) in [5, 5.41) is 13.3. The molecule has 1 heterocycles. The number of aromatic nitrogens is 2. The zero-order chi connectivity index (χ0) is 14.7. The summed E-state index contributed by atoms with van der Waals surface area (Å²) in [5.41, 5.74) is 0.0178. The van der Waals surface area contributed by atoms with Crippen LogP contribution < -0.4 is 10.1 Å². The Bertz CT molecular complexity index is 668. The van der Waals surface area contributed by atoms with Crippen LogP contribution in [0.3, 0.4) is 0 Å². The summed E-state index contributed by atoms with van der Waals surface area (Å²) in [6.07, 6.45) is 0.898. The molecule has 0 aliphatic heterocycles. The van der Waals surface area contributed by atoms with Crippen LogP contribution in [-0.4, -0.2) is 22.0 Å². The van der Waals surface area contributed by atoms with Gasteiger partial charge in [-0.15, -0.1) is 0 Å². The molecule has 2 rings (SSSR count). The Kier molecular flexibility index (Phi) is 3.94. The quantitative estimate of drug-likeness (QED) is 0.530. The zero-order valence-corrected chi connectivity index (χ0v) is 10.9. The van der Waals surface area contributed by atoms with E-state index in [0.717, 1.165) is 6.20 Å². The first-order valence-electron chi connectivity index (χ1n) is 5.28. The highest BCUT2D eigenvalue weighted by Crippen LogP contribution is 2.31. The molecule has 9 heteroatoms. The highest BCUT2D eigenvalue weighted by molar-refractivity contribution is 6.28. The van der Waals surface area contributed by atoms with Gasteiger partial charge >= 0.3 is 5.69 Å². The Labute approximate surface area is 117 Å². The number of hydrogen-bond acceptors (Lipinski definition) is 6. The van der Waals surface area contributed by atoms with Gasteiger partial charge in [0.2, 0.25) is 5.28 Å². The second-order valence-electron chi connectivity index (χ2n) is 3.60. The number of nitrogens with zero attached hydrogens (tertiary/aromatic N) is 3. The predicted octanol–water partition coefficient (Wildman–Crippen LogP) is 2.93. The first-order chi connectivity index (χ1) is 9.51. The van der Waals surface area contributed by atoms with Crippen LogP contribution >= 0.6 is 11.6 Å². The van der Waals surface area contributed by atoms with Crippen LogP contribution in [0.15, 0.2) is 24.4 Å². The maximum atomic E-state index is 13.5. The molecule has 1 aromatic heterocycles. The summed E-state index contributed by atoms with van der Waals surface area (Å²) in [6.45, 7) is 0. The van der Waals surface area contributed by atoms with E-state index in [1.54, 1.807) is 0 Å². The Balaban J connectivity index is 2.37. The smallest absolute Gasteiger partial charge is 0.312 e. The number of ether oxygens (including phenoxy) is 1. The molecule has 0 atom stereocenters. The van der Waals surface area contributed by atoms with Crippen LogP contribution in [0.1, 0.15) is 0 Å². The Morgan fingerprint density at radius 2 is 2.25 bits per heavy atom. The molecule has 0 aliphatic carbocycles. The van der Waals surface area contributed by atoms with Crippen molar-refractivity contribution in [2.45, 2.75) is 0 Å².